The number of benzene rings is 1. The lowest BCUT2D eigenvalue weighted by Crippen LogP contribution is -1.97. The van der Waals surface area contributed by atoms with Crippen LogP contribution in [0.5, 0.6) is 11.5 Å². The predicted molar refractivity (Wildman–Crippen MR) is 108 cm³/mol. The lowest BCUT2D eigenvalue weighted by atomic mass is 9.97. The molecule has 0 bridgehead atoms. The minimum Gasteiger partial charge on any atom is -0.507 e. The zero-order valence-electron chi connectivity index (χ0n) is 15.1. The van der Waals surface area contributed by atoms with Crippen LogP contribution in [0.2, 0.25) is 0 Å². The van der Waals surface area contributed by atoms with Crippen molar-refractivity contribution in [2.75, 3.05) is 0 Å². The van der Waals surface area contributed by atoms with Gasteiger partial charge in [-0.1, -0.05) is 64.7 Å². The van der Waals surface area contributed by atoms with E-state index in [-0.39, 0.29) is 0 Å². The molecule has 0 radical (unpaired) electrons. The molecular weight excluding hydrogens is 399 g/mol. The lowest BCUT2D eigenvalue weighted by molar-refractivity contribution is 0.442. The van der Waals surface area contributed by atoms with Gasteiger partial charge in [-0.15, -0.1) is 0 Å². The van der Waals surface area contributed by atoms with Gasteiger partial charge in [0.05, 0.1) is 3.57 Å². The van der Waals surface area contributed by atoms with Crippen molar-refractivity contribution in [2.24, 2.45) is 0 Å². The largest absolute Gasteiger partial charge is 0.507 e. The SMILES string of the molecule is CCCCCCCCCCCCc1c(C)c(O)c(C)c(I)c1O. The summed E-state index contributed by atoms with van der Waals surface area (Å²) in [6, 6.07) is 0. The summed E-state index contributed by atoms with van der Waals surface area (Å²) in [6.45, 7) is 6.02. The highest BCUT2D eigenvalue weighted by atomic mass is 127. The van der Waals surface area contributed by atoms with Gasteiger partial charge in [-0.05, 0) is 54.8 Å². The quantitative estimate of drug-likeness (QED) is 0.230. The topological polar surface area (TPSA) is 40.5 Å². The van der Waals surface area contributed by atoms with Crippen molar-refractivity contribution in [1.82, 2.24) is 0 Å². The molecule has 0 aliphatic carbocycles. The highest BCUT2D eigenvalue weighted by molar-refractivity contribution is 14.1. The van der Waals surface area contributed by atoms with E-state index in [2.05, 4.69) is 29.5 Å². The maximum absolute atomic E-state index is 10.3. The molecule has 2 N–H and O–H groups in total. The second-order valence-electron chi connectivity index (χ2n) is 6.67. The van der Waals surface area contributed by atoms with Gasteiger partial charge in [-0.3, -0.25) is 0 Å². The van der Waals surface area contributed by atoms with Gasteiger partial charge < -0.3 is 10.2 Å². The molecule has 23 heavy (non-hydrogen) atoms. The second kappa shape index (κ2) is 11.2. The molecule has 0 saturated heterocycles. The Hall–Kier alpha value is -0.450. The van der Waals surface area contributed by atoms with E-state index < -0.39 is 0 Å². The molecule has 1 rings (SSSR count). The number of hydrogen-bond donors (Lipinski definition) is 2. The third kappa shape index (κ3) is 6.52. The number of halogens is 1. The van der Waals surface area contributed by atoms with Crippen molar-refractivity contribution in [3.05, 3.63) is 20.3 Å². The molecule has 2 nitrogen and oxygen atoms in total. The zero-order chi connectivity index (χ0) is 17.2. The Morgan fingerprint density at radius 3 is 1.70 bits per heavy atom. The van der Waals surface area contributed by atoms with Gasteiger partial charge in [0.15, 0.2) is 0 Å². The molecule has 1 aromatic rings. The van der Waals surface area contributed by atoms with Crippen molar-refractivity contribution < 1.29 is 10.2 Å². The molecule has 0 aliphatic rings. The summed E-state index contributed by atoms with van der Waals surface area (Å²) in [6.07, 6.45) is 14.0. The average Bonchev–Trinajstić information content (AvgIpc) is 2.55. The summed E-state index contributed by atoms with van der Waals surface area (Å²) >= 11 is 2.12. The van der Waals surface area contributed by atoms with E-state index in [0.29, 0.717) is 11.5 Å². The Morgan fingerprint density at radius 1 is 0.696 bits per heavy atom. The first-order valence-corrected chi connectivity index (χ1v) is 10.3. The zero-order valence-corrected chi connectivity index (χ0v) is 17.2. The molecule has 0 saturated carbocycles. The molecule has 0 unspecified atom stereocenters. The van der Waals surface area contributed by atoms with E-state index in [1.165, 1.54) is 57.8 Å². The summed E-state index contributed by atoms with van der Waals surface area (Å²) in [5, 5.41) is 20.4. The van der Waals surface area contributed by atoms with Crippen LogP contribution in [-0.4, -0.2) is 10.2 Å². The van der Waals surface area contributed by atoms with E-state index >= 15 is 0 Å². The maximum atomic E-state index is 10.3. The van der Waals surface area contributed by atoms with Crippen LogP contribution in [0.4, 0.5) is 0 Å². The fourth-order valence-electron chi connectivity index (χ4n) is 3.11. The van der Waals surface area contributed by atoms with Crippen LogP contribution < -0.4 is 0 Å². The standard InChI is InChI=1S/C20H33IO2/c1-4-5-6-7-8-9-10-11-12-13-14-17-15(2)19(22)16(3)18(21)20(17)23/h22-23H,4-14H2,1-3H3. The first-order chi connectivity index (χ1) is 11.0. The molecule has 3 heteroatoms. The summed E-state index contributed by atoms with van der Waals surface area (Å²) in [5.41, 5.74) is 2.56. The van der Waals surface area contributed by atoms with E-state index in [1.807, 2.05) is 13.8 Å². The van der Waals surface area contributed by atoms with E-state index in [1.54, 1.807) is 0 Å². The van der Waals surface area contributed by atoms with E-state index in [4.69, 9.17) is 0 Å². The van der Waals surface area contributed by atoms with E-state index in [0.717, 1.165) is 33.1 Å². The average molecular weight is 432 g/mol. The third-order valence-electron chi connectivity index (χ3n) is 4.77. The Kier molecular flexibility index (Phi) is 10.00. The van der Waals surface area contributed by atoms with Crippen molar-refractivity contribution in [3.8, 4) is 11.5 Å². The minimum absolute atomic E-state index is 0.342. The van der Waals surface area contributed by atoms with Crippen LogP contribution in [0.25, 0.3) is 0 Å². The maximum Gasteiger partial charge on any atom is 0.132 e. The molecule has 132 valence electrons. The predicted octanol–water partition coefficient (Wildman–Crippen LogP) is 6.78. The normalized spacial score (nSPS) is 11.1. The molecule has 0 amide bonds. The number of rotatable bonds is 11. The van der Waals surface area contributed by atoms with Crippen LogP contribution in [0.3, 0.4) is 0 Å². The van der Waals surface area contributed by atoms with E-state index in [9.17, 15) is 10.2 Å². The minimum atomic E-state index is 0.342. The van der Waals surface area contributed by atoms with Crippen molar-refractivity contribution in [1.29, 1.82) is 0 Å². The van der Waals surface area contributed by atoms with Crippen LogP contribution in [0.1, 0.15) is 87.8 Å². The van der Waals surface area contributed by atoms with Gasteiger partial charge in [0.2, 0.25) is 0 Å². The van der Waals surface area contributed by atoms with Crippen molar-refractivity contribution >= 4 is 22.6 Å². The highest BCUT2D eigenvalue weighted by Crippen LogP contribution is 2.38. The van der Waals surface area contributed by atoms with Crippen LogP contribution in [-0.2, 0) is 6.42 Å². The number of hydrogen-bond acceptors (Lipinski definition) is 2. The van der Waals surface area contributed by atoms with Gasteiger partial charge >= 0.3 is 0 Å². The van der Waals surface area contributed by atoms with Gasteiger partial charge in [0.25, 0.3) is 0 Å². The fraction of sp³-hybridized carbons (Fsp3) is 0.700. The monoisotopic (exact) mass is 432 g/mol. The summed E-state index contributed by atoms with van der Waals surface area (Å²) in [4.78, 5) is 0. The van der Waals surface area contributed by atoms with Gasteiger partial charge in [0.1, 0.15) is 11.5 Å². The van der Waals surface area contributed by atoms with Crippen LogP contribution in [0, 0.1) is 17.4 Å². The molecule has 0 atom stereocenters. The number of phenolic OH excluding ortho intramolecular Hbond substituents is 2. The molecular formula is C20H33IO2. The third-order valence-corrected chi connectivity index (χ3v) is 6.09. The first kappa shape index (κ1) is 20.6. The Morgan fingerprint density at radius 2 is 1.17 bits per heavy atom. The fourth-order valence-corrected chi connectivity index (χ4v) is 3.69. The summed E-state index contributed by atoms with van der Waals surface area (Å²) in [5.74, 6) is 0.712. The Labute approximate surface area is 155 Å². The van der Waals surface area contributed by atoms with Gasteiger partial charge in [-0.2, -0.15) is 0 Å². The smallest absolute Gasteiger partial charge is 0.132 e. The Bertz CT molecular complexity index is 454. The summed E-state index contributed by atoms with van der Waals surface area (Å²) in [7, 11) is 0. The summed E-state index contributed by atoms with van der Waals surface area (Å²) < 4.78 is 0.785. The van der Waals surface area contributed by atoms with Gasteiger partial charge in [-0.25, -0.2) is 0 Å². The molecule has 0 heterocycles. The molecule has 0 fully saturated rings. The molecule has 0 spiro atoms. The van der Waals surface area contributed by atoms with Crippen molar-refractivity contribution in [2.45, 2.75) is 91.4 Å². The highest BCUT2D eigenvalue weighted by Gasteiger charge is 2.16. The molecule has 0 aromatic heterocycles. The van der Waals surface area contributed by atoms with Gasteiger partial charge in [0, 0.05) is 11.1 Å². The molecule has 0 aliphatic heterocycles. The molecule has 1 aromatic carbocycles. The first-order valence-electron chi connectivity index (χ1n) is 9.20. The Balaban J connectivity index is 2.27. The number of aromatic hydroxyl groups is 2. The lowest BCUT2D eigenvalue weighted by Gasteiger charge is -2.15. The number of unbranched alkanes of at least 4 members (excludes halogenated alkanes) is 9. The second-order valence-corrected chi connectivity index (χ2v) is 7.75. The number of phenols is 2. The van der Waals surface area contributed by atoms with Crippen molar-refractivity contribution in [3.63, 3.8) is 0 Å². The van der Waals surface area contributed by atoms with Crippen LogP contribution in [0.15, 0.2) is 0 Å². The van der Waals surface area contributed by atoms with Crippen LogP contribution >= 0.6 is 22.6 Å².